The van der Waals surface area contributed by atoms with Crippen molar-refractivity contribution in [1.82, 2.24) is 14.6 Å². The SMILES string of the molecule is COC(C)C.FCF.Nc1nc(=O)n(C2OC(COP(NCC=O)Oc3ccc4ccccc4c3)CC2(F)F)cc1F. The van der Waals surface area contributed by atoms with E-state index in [9.17, 15) is 31.5 Å². The van der Waals surface area contributed by atoms with Crippen LogP contribution in [0.25, 0.3) is 10.8 Å². The van der Waals surface area contributed by atoms with E-state index in [0.29, 0.717) is 28.9 Å². The van der Waals surface area contributed by atoms with Crippen LogP contribution in [-0.4, -0.2) is 61.2 Å². The maximum Gasteiger partial charge on any atom is 0.352 e. The highest BCUT2D eigenvalue weighted by atomic mass is 31.2. The van der Waals surface area contributed by atoms with Crippen molar-refractivity contribution in [2.75, 3.05) is 32.9 Å². The fourth-order valence-electron chi connectivity index (χ4n) is 3.41. The number of anilines is 1. The van der Waals surface area contributed by atoms with Crippen molar-refractivity contribution in [1.29, 1.82) is 0 Å². The zero-order valence-electron chi connectivity index (χ0n) is 23.0. The van der Waals surface area contributed by atoms with Crippen molar-refractivity contribution in [3.8, 4) is 5.75 Å². The topological polar surface area (TPSA) is 127 Å². The van der Waals surface area contributed by atoms with Gasteiger partial charge >= 0.3 is 14.2 Å². The number of ether oxygens (including phenoxy) is 2. The molecule has 0 radical (unpaired) electrons. The van der Waals surface area contributed by atoms with Gasteiger partial charge in [-0.15, -0.1) is 0 Å². The summed E-state index contributed by atoms with van der Waals surface area (Å²) in [5, 5.41) is 4.67. The first-order chi connectivity index (χ1) is 19.9. The number of nitrogens with one attached hydrogen (secondary N) is 1. The van der Waals surface area contributed by atoms with Gasteiger partial charge in [-0.05, 0) is 36.8 Å². The molecule has 3 aromatic rings. The predicted octanol–water partition coefficient (Wildman–Crippen LogP) is 5.08. The van der Waals surface area contributed by atoms with Crippen LogP contribution in [-0.2, 0) is 18.8 Å². The number of nitrogens with zero attached hydrogens (tertiary/aromatic N) is 2. The molecule has 10 nitrogen and oxygen atoms in total. The summed E-state index contributed by atoms with van der Waals surface area (Å²) >= 11 is 0. The van der Waals surface area contributed by atoms with Gasteiger partial charge in [0.2, 0.25) is 13.2 Å². The molecule has 0 spiro atoms. The smallest absolute Gasteiger partial charge is 0.352 e. The second-order valence-corrected chi connectivity index (χ2v) is 10.1. The number of carbonyl (C=O) groups excluding carboxylic acids is 1. The molecule has 1 saturated heterocycles. The largest absolute Gasteiger partial charge is 0.436 e. The van der Waals surface area contributed by atoms with Crippen molar-refractivity contribution in [3.63, 3.8) is 0 Å². The Morgan fingerprint density at radius 2 is 1.88 bits per heavy atom. The van der Waals surface area contributed by atoms with Crippen LogP contribution in [0.3, 0.4) is 0 Å². The molecule has 1 aliphatic rings. The van der Waals surface area contributed by atoms with Crippen LogP contribution in [0.1, 0.15) is 26.5 Å². The molecule has 1 aromatic heterocycles. The molecule has 0 bridgehead atoms. The maximum absolute atomic E-state index is 14.6. The lowest BCUT2D eigenvalue weighted by atomic mass is 10.1. The number of benzene rings is 2. The number of hydrogen-bond donors (Lipinski definition) is 2. The highest BCUT2D eigenvalue weighted by molar-refractivity contribution is 7.45. The molecular formula is C26H32F5N4O6P. The van der Waals surface area contributed by atoms with Crippen LogP contribution < -0.4 is 21.0 Å². The van der Waals surface area contributed by atoms with Crippen LogP contribution >= 0.6 is 8.53 Å². The van der Waals surface area contributed by atoms with Crippen molar-refractivity contribution in [3.05, 3.63) is 65.0 Å². The van der Waals surface area contributed by atoms with Crippen LogP contribution in [0.4, 0.5) is 27.8 Å². The quantitative estimate of drug-likeness (QED) is 0.181. The molecule has 3 atom stereocenters. The van der Waals surface area contributed by atoms with E-state index in [1.165, 1.54) is 0 Å². The number of aromatic nitrogens is 2. The first kappa shape index (κ1) is 35.0. The number of nitrogen functional groups attached to an aromatic ring is 1. The minimum Gasteiger partial charge on any atom is -0.436 e. The van der Waals surface area contributed by atoms with Gasteiger partial charge in [0.25, 0.3) is 5.92 Å². The minimum atomic E-state index is -3.50. The second kappa shape index (κ2) is 17.0. The van der Waals surface area contributed by atoms with Gasteiger partial charge in [-0.2, -0.15) is 4.98 Å². The Bertz CT molecular complexity index is 1340. The number of hydrogen-bond acceptors (Lipinski definition) is 9. The van der Waals surface area contributed by atoms with E-state index < -0.39 is 57.5 Å². The summed E-state index contributed by atoms with van der Waals surface area (Å²) in [5.41, 5.74) is 4.04. The Balaban J connectivity index is 0.000000686. The van der Waals surface area contributed by atoms with E-state index in [1.807, 2.05) is 44.2 Å². The van der Waals surface area contributed by atoms with Gasteiger partial charge in [-0.25, -0.2) is 31.8 Å². The Labute approximate surface area is 239 Å². The van der Waals surface area contributed by atoms with Gasteiger partial charge in [0.1, 0.15) is 12.0 Å². The van der Waals surface area contributed by atoms with Crippen LogP contribution in [0, 0.1) is 5.82 Å². The average molecular weight is 623 g/mol. The van der Waals surface area contributed by atoms with Gasteiger partial charge in [0, 0.05) is 13.5 Å². The zero-order chi connectivity index (χ0) is 31.3. The fourth-order valence-corrected chi connectivity index (χ4v) is 4.45. The fraction of sp³-hybridized carbons (Fsp3) is 0.423. The third-order valence-electron chi connectivity index (χ3n) is 5.43. The Morgan fingerprint density at radius 1 is 1.24 bits per heavy atom. The standard InChI is InChI=1S/C21H20F3N4O5P.C4H10O.CH2F2/c22-17-11-28(20(30)27-18(17)25)19-21(23,24)10-16(32-19)12-31-34(26-7-8-29)33-15-6-5-13-3-1-2-4-14(13)9-15;1-4(2)5-3;2-1-3/h1-6,8-9,11,16,19,26H,7,10,12H2,(H2,25,27,30);4H,1-3H3;1H2. The highest BCUT2D eigenvalue weighted by Gasteiger charge is 2.52. The lowest BCUT2D eigenvalue weighted by Gasteiger charge is -2.21. The number of methoxy groups -OCH3 is 1. The highest BCUT2D eigenvalue weighted by Crippen LogP contribution is 2.44. The van der Waals surface area contributed by atoms with Crippen molar-refractivity contribution < 1.29 is 45.3 Å². The predicted molar refractivity (Wildman–Crippen MR) is 147 cm³/mol. The summed E-state index contributed by atoms with van der Waals surface area (Å²) in [7, 11) is -0.194. The molecule has 1 fully saturated rings. The molecule has 16 heteroatoms. The Kier molecular flexibility index (Phi) is 14.2. The molecule has 0 aliphatic carbocycles. The van der Waals surface area contributed by atoms with Gasteiger partial charge in [0.05, 0.1) is 31.6 Å². The Hall–Kier alpha value is -3.23. The maximum atomic E-state index is 14.6. The second-order valence-electron chi connectivity index (χ2n) is 8.81. The lowest BCUT2D eigenvalue weighted by molar-refractivity contribution is -0.119. The summed E-state index contributed by atoms with van der Waals surface area (Å²) in [4.78, 5) is 25.9. The third-order valence-corrected chi connectivity index (χ3v) is 6.63. The first-order valence-corrected chi connectivity index (χ1v) is 13.6. The monoisotopic (exact) mass is 622 g/mol. The summed E-state index contributed by atoms with van der Waals surface area (Å²) in [6.07, 6.45) is -2.48. The molecular weight excluding hydrogens is 590 g/mol. The lowest BCUT2D eigenvalue weighted by Crippen LogP contribution is -2.35. The number of rotatable bonds is 10. The van der Waals surface area contributed by atoms with E-state index in [1.54, 1.807) is 19.2 Å². The van der Waals surface area contributed by atoms with Crippen LogP contribution in [0.2, 0.25) is 0 Å². The molecule has 1 aliphatic heterocycles. The van der Waals surface area contributed by atoms with Gasteiger partial charge < -0.3 is 29.0 Å². The summed E-state index contributed by atoms with van der Waals surface area (Å²) in [6, 6.07) is 13.0. The van der Waals surface area contributed by atoms with Crippen molar-refractivity contribution in [2.24, 2.45) is 0 Å². The van der Waals surface area contributed by atoms with Gasteiger partial charge in [0.15, 0.2) is 11.6 Å². The van der Waals surface area contributed by atoms with Crippen molar-refractivity contribution >= 4 is 31.4 Å². The van der Waals surface area contributed by atoms with E-state index in [4.69, 9.17) is 24.3 Å². The number of fused-ring (bicyclic) bond motifs is 1. The third kappa shape index (κ3) is 10.6. The molecule has 0 saturated carbocycles. The molecule has 2 heterocycles. The molecule has 2 aromatic carbocycles. The van der Waals surface area contributed by atoms with E-state index in [2.05, 4.69) is 10.1 Å². The van der Waals surface area contributed by atoms with E-state index in [0.717, 1.165) is 10.8 Å². The summed E-state index contributed by atoms with van der Waals surface area (Å²) < 4.78 is 83.9. The normalized spacial score (nSPS) is 18.0. The van der Waals surface area contributed by atoms with E-state index in [-0.39, 0.29) is 13.2 Å². The summed E-state index contributed by atoms with van der Waals surface area (Å²) in [6.45, 7) is 1.83. The molecule has 3 unspecified atom stereocenters. The van der Waals surface area contributed by atoms with E-state index >= 15 is 0 Å². The minimum absolute atomic E-state index is 0.0879. The van der Waals surface area contributed by atoms with Crippen LogP contribution in [0.15, 0.2) is 53.5 Å². The average Bonchev–Trinajstić information content (AvgIpc) is 3.26. The molecule has 42 heavy (non-hydrogen) atoms. The summed E-state index contributed by atoms with van der Waals surface area (Å²) in [5.74, 6) is -4.86. The number of halogens is 5. The molecule has 232 valence electrons. The van der Waals surface area contributed by atoms with Gasteiger partial charge in [-0.3, -0.25) is 4.57 Å². The van der Waals surface area contributed by atoms with Crippen molar-refractivity contribution in [2.45, 2.75) is 44.6 Å². The molecule has 4 rings (SSSR count). The zero-order valence-corrected chi connectivity index (χ0v) is 23.9. The number of aldehydes is 1. The number of nitrogens with two attached hydrogens (primary N) is 1. The molecule has 0 amide bonds. The first-order valence-electron chi connectivity index (χ1n) is 12.4. The molecule has 3 N–H and O–H groups in total. The Morgan fingerprint density at radius 3 is 2.50 bits per heavy atom. The van der Waals surface area contributed by atoms with Crippen LogP contribution in [0.5, 0.6) is 5.75 Å². The van der Waals surface area contributed by atoms with Gasteiger partial charge in [-0.1, -0.05) is 30.3 Å². The number of carbonyl (C=O) groups is 1. The number of alkyl halides is 4.